The number of hydrogen-bond donors (Lipinski definition) is 2. The second-order valence-electron chi connectivity index (χ2n) is 2.97. The van der Waals surface area contributed by atoms with Gasteiger partial charge in [0.1, 0.15) is 0 Å². The Kier molecular flexibility index (Phi) is 4.04. The molecule has 0 aliphatic carbocycles. The molecule has 1 atom stereocenters. The molecule has 1 heterocycles. The predicted octanol–water partition coefficient (Wildman–Crippen LogP) is -0.641. The summed E-state index contributed by atoms with van der Waals surface area (Å²) in [7, 11) is 1.63. The fourth-order valence-electron chi connectivity index (χ4n) is 1.30. The van der Waals surface area contributed by atoms with Gasteiger partial charge in [0.2, 0.25) is 5.91 Å². The van der Waals surface area contributed by atoms with Crippen LogP contribution < -0.4 is 10.6 Å². The van der Waals surface area contributed by atoms with Crippen molar-refractivity contribution in [3.05, 3.63) is 0 Å². The standard InChI is InChI=1S/C8H16N2O2/c1-12-5-4-10-8(11)7-2-3-9-6-7/h7,9H,2-6H2,1H3,(H,10,11). The first kappa shape index (κ1) is 9.48. The van der Waals surface area contributed by atoms with Gasteiger partial charge in [0, 0.05) is 20.2 Å². The Morgan fingerprint density at radius 1 is 1.75 bits per heavy atom. The maximum atomic E-state index is 11.3. The van der Waals surface area contributed by atoms with Gasteiger partial charge in [0.05, 0.1) is 12.5 Å². The lowest BCUT2D eigenvalue weighted by Crippen LogP contribution is -2.33. The summed E-state index contributed by atoms with van der Waals surface area (Å²) in [5.74, 6) is 0.318. The van der Waals surface area contributed by atoms with Crippen molar-refractivity contribution >= 4 is 5.91 Å². The highest BCUT2D eigenvalue weighted by Gasteiger charge is 2.21. The van der Waals surface area contributed by atoms with Crippen LogP contribution in [-0.2, 0) is 9.53 Å². The zero-order valence-corrected chi connectivity index (χ0v) is 7.43. The van der Waals surface area contributed by atoms with Gasteiger partial charge in [-0.1, -0.05) is 0 Å². The largest absolute Gasteiger partial charge is 0.383 e. The van der Waals surface area contributed by atoms with Crippen LogP contribution in [0.15, 0.2) is 0 Å². The van der Waals surface area contributed by atoms with Crippen LogP contribution in [0.2, 0.25) is 0 Å². The maximum Gasteiger partial charge on any atom is 0.224 e. The minimum Gasteiger partial charge on any atom is -0.383 e. The molecule has 0 aromatic carbocycles. The van der Waals surface area contributed by atoms with Gasteiger partial charge < -0.3 is 15.4 Å². The molecular weight excluding hydrogens is 156 g/mol. The summed E-state index contributed by atoms with van der Waals surface area (Å²) in [5.41, 5.74) is 0. The molecule has 0 spiro atoms. The van der Waals surface area contributed by atoms with Crippen molar-refractivity contribution < 1.29 is 9.53 Å². The molecule has 1 unspecified atom stereocenters. The second-order valence-corrected chi connectivity index (χ2v) is 2.97. The monoisotopic (exact) mass is 172 g/mol. The molecule has 70 valence electrons. The number of amides is 1. The van der Waals surface area contributed by atoms with Crippen molar-refractivity contribution in [1.29, 1.82) is 0 Å². The van der Waals surface area contributed by atoms with Crippen LogP contribution in [0.5, 0.6) is 0 Å². The zero-order valence-electron chi connectivity index (χ0n) is 7.43. The van der Waals surface area contributed by atoms with Gasteiger partial charge in [-0.3, -0.25) is 4.79 Å². The van der Waals surface area contributed by atoms with E-state index in [1.54, 1.807) is 7.11 Å². The van der Waals surface area contributed by atoms with E-state index in [0.29, 0.717) is 13.2 Å². The van der Waals surface area contributed by atoms with Crippen molar-refractivity contribution in [2.45, 2.75) is 6.42 Å². The molecule has 0 aromatic heterocycles. The smallest absolute Gasteiger partial charge is 0.224 e. The predicted molar refractivity (Wildman–Crippen MR) is 45.9 cm³/mol. The lowest BCUT2D eigenvalue weighted by atomic mass is 10.1. The van der Waals surface area contributed by atoms with Crippen molar-refractivity contribution in [3.8, 4) is 0 Å². The van der Waals surface area contributed by atoms with Crippen LogP contribution in [0.25, 0.3) is 0 Å². The third-order valence-corrected chi connectivity index (χ3v) is 2.04. The molecule has 0 aromatic rings. The van der Waals surface area contributed by atoms with E-state index in [2.05, 4.69) is 10.6 Å². The Bertz CT molecular complexity index is 144. The Balaban J connectivity index is 2.10. The second kappa shape index (κ2) is 5.11. The van der Waals surface area contributed by atoms with Crippen LogP contribution >= 0.6 is 0 Å². The molecule has 1 rings (SSSR count). The summed E-state index contributed by atoms with van der Waals surface area (Å²) >= 11 is 0. The number of nitrogens with one attached hydrogen (secondary N) is 2. The number of ether oxygens (including phenoxy) is 1. The minimum absolute atomic E-state index is 0.150. The molecule has 12 heavy (non-hydrogen) atoms. The lowest BCUT2D eigenvalue weighted by molar-refractivity contribution is -0.124. The fraction of sp³-hybridized carbons (Fsp3) is 0.875. The maximum absolute atomic E-state index is 11.3. The summed E-state index contributed by atoms with van der Waals surface area (Å²) in [6.07, 6.45) is 0.957. The average molecular weight is 172 g/mol. The summed E-state index contributed by atoms with van der Waals surface area (Å²) in [4.78, 5) is 11.3. The summed E-state index contributed by atoms with van der Waals surface area (Å²) < 4.78 is 4.82. The molecule has 0 bridgehead atoms. The molecule has 4 nitrogen and oxygen atoms in total. The van der Waals surface area contributed by atoms with Crippen LogP contribution in [-0.4, -0.2) is 39.3 Å². The first-order valence-electron chi connectivity index (χ1n) is 4.32. The highest BCUT2D eigenvalue weighted by Crippen LogP contribution is 2.06. The van der Waals surface area contributed by atoms with E-state index in [0.717, 1.165) is 19.5 Å². The zero-order chi connectivity index (χ0) is 8.81. The van der Waals surface area contributed by atoms with Crippen molar-refractivity contribution in [3.63, 3.8) is 0 Å². The normalized spacial score (nSPS) is 22.6. The molecule has 0 saturated carbocycles. The van der Waals surface area contributed by atoms with Gasteiger partial charge in [-0.15, -0.1) is 0 Å². The van der Waals surface area contributed by atoms with Crippen molar-refractivity contribution in [1.82, 2.24) is 10.6 Å². The molecular formula is C8H16N2O2. The summed E-state index contributed by atoms with van der Waals surface area (Å²) in [5, 5.41) is 5.97. The molecule has 2 N–H and O–H groups in total. The van der Waals surface area contributed by atoms with Gasteiger partial charge in [0.15, 0.2) is 0 Å². The van der Waals surface area contributed by atoms with E-state index in [9.17, 15) is 4.79 Å². The average Bonchev–Trinajstić information content (AvgIpc) is 2.56. The van der Waals surface area contributed by atoms with E-state index in [1.807, 2.05) is 0 Å². The highest BCUT2D eigenvalue weighted by atomic mass is 16.5. The number of hydrogen-bond acceptors (Lipinski definition) is 3. The molecule has 1 aliphatic heterocycles. The van der Waals surface area contributed by atoms with Crippen LogP contribution in [0.4, 0.5) is 0 Å². The summed E-state index contributed by atoms with van der Waals surface area (Å²) in [6, 6.07) is 0. The van der Waals surface area contributed by atoms with E-state index in [-0.39, 0.29) is 11.8 Å². The number of carbonyl (C=O) groups excluding carboxylic acids is 1. The van der Waals surface area contributed by atoms with Crippen LogP contribution in [0, 0.1) is 5.92 Å². The quantitative estimate of drug-likeness (QED) is 0.554. The fourth-order valence-corrected chi connectivity index (χ4v) is 1.30. The molecule has 1 saturated heterocycles. The highest BCUT2D eigenvalue weighted by molar-refractivity contribution is 5.79. The molecule has 0 radical (unpaired) electrons. The number of methoxy groups -OCH3 is 1. The molecule has 1 aliphatic rings. The van der Waals surface area contributed by atoms with Crippen molar-refractivity contribution in [2.24, 2.45) is 5.92 Å². The lowest BCUT2D eigenvalue weighted by Gasteiger charge is -2.08. The van der Waals surface area contributed by atoms with E-state index in [1.165, 1.54) is 0 Å². The van der Waals surface area contributed by atoms with Gasteiger partial charge in [-0.05, 0) is 13.0 Å². The van der Waals surface area contributed by atoms with Gasteiger partial charge in [0.25, 0.3) is 0 Å². The topological polar surface area (TPSA) is 50.4 Å². The van der Waals surface area contributed by atoms with E-state index in [4.69, 9.17) is 4.74 Å². The molecule has 4 heteroatoms. The Hall–Kier alpha value is -0.610. The van der Waals surface area contributed by atoms with E-state index >= 15 is 0 Å². The first-order chi connectivity index (χ1) is 5.84. The first-order valence-corrected chi connectivity index (χ1v) is 4.32. The third-order valence-electron chi connectivity index (χ3n) is 2.04. The van der Waals surface area contributed by atoms with Crippen LogP contribution in [0.3, 0.4) is 0 Å². The third kappa shape index (κ3) is 2.79. The van der Waals surface area contributed by atoms with Crippen molar-refractivity contribution in [2.75, 3.05) is 33.4 Å². The Morgan fingerprint density at radius 3 is 3.17 bits per heavy atom. The van der Waals surface area contributed by atoms with Crippen LogP contribution in [0.1, 0.15) is 6.42 Å². The Morgan fingerprint density at radius 2 is 2.58 bits per heavy atom. The van der Waals surface area contributed by atoms with Gasteiger partial charge in [-0.2, -0.15) is 0 Å². The molecule has 1 fully saturated rings. The number of carbonyl (C=O) groups is 1. The van der Waals surface area contributed by atoms with Gasteiger partial charge in [-0.25, -0.2) is 0 Å². The Labute approximate surface area is 72.7 Å². The van der Waals surface area contributed by atoms with Gasteiger partial charge >= 0.3 is 0 Å². The van der Waals surface area contributed by atoms with E-state index < -0.39 is 0 Å². The number of rotatable bonds is 4. The minimum atomic E-state index is 0.150. The summed E-state index contributed by atoms with van der Waals surface area (Å²) in [6.45, 7) is 2.99. The SMILES string of the molecule is COCCNC(=O)C1CCNC1. The molecule has 1 amide bonds.